The minimum absolute atomic E-state index is 0.0551. The zero-order chi connectivity index (χ0) is 18.6. The summed E-state index contributed by atoms with van der Waals surface area (Å²) in [7, 11) is 3.78. The fourth-order valence-electron chi connectivity index (χ4n) is 2.27. The van der Waals surface area contributed by atoms with Crippen LogP contribution in [0.2, 0.25) is 0 Å². The molecule has 0 saturated heterocycles. The van der Waals surface area contributed by atoms with Gasteiger partial charge < -0.3 is 4.52 Å². The second-order valence-corrected chi connectivity index (χ2v) is 11.5. The molecule has 0 aliphatic carbocycles. The van der Waals surface area contributed by atoms with Crippen molar-refractivity contribution in [3.05, 3.63) is 0 Å². The molecule has 0 spiro atoms. The lowest BCUT2D eigenvalue weighted by Crippen LogP contribution is -2.31. The summed E-state index contributed by atoms with van der Waals surface area (Å²) in [5, 5.41) is 0. The number of rotatable bonds is 14. The Labute approximate surface area is 159 Å². The van der Waals surface area contributed by atoms with Gasteiger partial charge in [0.15, 0.2) is 0 Å². The van der Waals surface area contributed by atoms with E-state index in [9.17, 15) is 4.79 Å². The summed E-state index contributed by atoms with van der Waals surface area (Å²) in [6, 6.07) is 0. The standard InChI is InChI=1S/C17H37N2O2PS2/c1-7-10-12-13-15-24-19(6)22(23,18(5)17(20)9-3)21-16(4)14-11-8-2/h16H,7-15H2,1-6H3. The van der Waals surface area contributed by atoms with Gasteiger partial charge in [0.2, 0.25) is 12.5 Å². The Hall–Kier alpha value is 0.390. The molecule has 1 amide bonds. The van der Waals surface area contributed by atoms with Crippen LogP contribution in [0.4, 0.5) is 0 Å². The highest BCUT2D eigenvalue weighted by molar-refractivity contribution is 8.16. The first-order valence-electron chi connectivity index (χ1n) is 9.25. The van der Waals surface area contributed by atoms with Crippen molar-refractivity contribution >= 4 is 36.2 Å². The van der Waals surface area contributed by atoms with Crippen molar-refractivity contribution in [2.45, 2.75) is 85.2 Å². The summed E-state index contributed by atoms with van der Waals surface area (Å²) in [5.74, 6) is 1.08. The highest BCUT2D eigenvalue weighted by Gasteiger charge is 2.34. The molecular weight excluding hydrogens is 359 g/mol. The number of carbonyl (C=O) groups excluding carboxylic acids is 1. The monoisotopic (exact) mass is 396 g/mol. The van der Waals surface area contributed by atoms with Gasteiger partial charge in [-0.05, 0) is 31.6 Å². The van der Waals surface area contributed by atoms with Gasteiger partial charge in [-0.25, -0.2) is 0 Å². The largest absolute Gasteiger partial charge is 0.319 e. The van der Waals surface area contributed by atoms with Crippen LogP contribution in [0.3, 0.4) is 0 Å². The Morgan fingerprint density at radius 3 is 2.29 bits per heavy atom. The topological polar surface area (TPSA) is 32.8 Å². The SMILES string of the molecule is CCCCCCSN(C)P(=S)(OC(C)CCCC)N(C)C(=O)CC. The van der Waals surface area contributed by atoms with Crippen LogP contribution < -0.4 is 0 Å². The van der Waals surface area contributed by atoms with Crippen molar-refractivity contribution in [1.29, 1.82) is 0 Å². The minimum Gasteiger partial charge on any atom is -0.319 e. The molecule has 0 saturated carbocycles. The van der Waals surface area contributed by atoms with Crippen molar-refractivity contribution in [1.82, 2.24) is 8.75 Å². The maximum atomic E-state index is 12.2. The minimum atomic E-state index is -2.51. The molecule has 0 aliphatic rings. The summed E-state index contributed by atoms with van der Waals surface area (Å²) < 4.78 is 10.0. The average Bonchev–Trinajstić information content (AvgIpc) is 2.57. The van der Waals surface area contributed by atoms with Crippen molar-refractivity contribution in [3.8, 4) is 0 Å². The van der Waals surface area contributed by atoms with Gasteiger partial charge in [-0.3, -0.25) is 9.46 Å². The summed E-state index contributed by atoms with van der Waals surface area (Å²) >= 11 is 7.63. The maximum absolute atomic E-state index is 12.2. The first-order valence-corrected chi connectivity index (χ1v) is 12.8. The van der Waals surface area contributed by atoms with Gasteiger partial charge in [-0.1, -0.05) is 64.8 Å². The summed E-state index contributed by atoms with van der Waals surface area (Å²) in [6.45, 7) is 5.82. The van der Waals surface area contributed by atoms with Crippen LogP contribution in [-0.2, 0) is 21.1 Å². The fraction of sp³-hybridized carbons (Fsp3) is 0.941. The van der Waals surface area contributed by atoms with Gasteiger partial charge in [0.25, 0.3) is 0 Å². The third-order valence-corrected chi connectivity index (χ3v) is 10.2. The molecular formula is C17H37N2O2PS2. The number of hydrogen-bond donors (Lipinski definition) is 0. The zero-order valence-electron chi connectivity index (χ0n) is 16.4. The summed E-state index contributed by atoms with van der Waals surface area (Å²) in [5.41, 5.74) is 0. The molecule has 2 unspecified atom stereocenters. The average molecular weight is 397 g/mol. The number of carbonyl (C=O) groups is 1. The Bertz CT molecular complexity index is 397. The lowest BCUT2D eigenvalue weighted by Gasteiger charge is -2.38. The van der Waals surface area contributed by atoms with E-state index in [1.807, 2.05) is 18.0 Å². The molecule has 0 rings (SSSR count). The summed E-state index contributed by atoms with van der Waals surface area (Å²) in [4.78, 5) is 12.2. The molecule has 0 aromatic heterocycles. The number of nitrogens with zero attached hydrogens (tertiary/aromatic N) is 2. The van der Waals surface area contributed by atoms with E-state index in [0.29, 0.717) is 6.42 Å². The molecule has 7 heteroatoms. The quantitative estimate of drug-likeness (QED) is 0.209. The maximum Gasteiger partial charge on any atom is 0.240 e. The van der Waals surface area contributed by atoms with E-state index in [0.717, 1.165) is 25.0 Å². The van der Waals surface area contributed by atoms with E-state index in [4.69, 9.17) is 16.3 Å². The van der Waals surface area contributed by atoms with E-state index in [1.54, 1.807) is 23.7 Å². The number of hydrogen-bond acceptors (Lipinski definition) is 4. The second kappa shape index (κ2) is 13.6. The van der Waals surface area contributed by atoms with E-state index < -0.39 is 6.57 Å². The van der Waals surface area contributed by atoms with Crippen molar-refractivity contribution in [2.24, 2.45) is 0 Å². The van der Waals surface area contributed by atoms with Gasteiger partial charge >= 0.3 is 0 Å². The second-order valence-electron chi connectivity index (χ2n) is 6.18. The Balaban J connectivity index is 4.89. The van der Waals surface area contributed by atoms with Gasteiger partial charge in [-0.2, -0.15) is 4.08 Å². The number of amides is 1. The van der Waals surface area contributed by atoms with Crippen molar-refractivity contribution < 1.29 is 9.32 Å². The van der Waals surface area contributed by atoms with E-state index in [1.165, 1.54) is 25.7 Å². The summed E-state index contributed by atoms with van der Waals surface area (Å²) in [6.07, 6.45) is 8.71. The lowest BCUT2D eigenvalue weighted by atomic mass is 10.2. The molecule has 0 aromatic rings. The highest BCUT2D eigenvalue weighted by atomic mass is 32.5. The molecule has 0 fully saturated rings. The van der Waals surface area contributed by atoms with E-state index >= 15 is 0 Å². The Morgan fingerprint density at radius 1 is 1.12 bits per heavy atom. The number of unbranched alkanes of at least 4 members (excludes halogenated alkanes) is 4. The van der Waals surface area contributed by atoms with Crippen LogP contribution in [0.5, 0.6) is 0 Å². The molecule has 0 heterocycles. The van der Waals surface area contributed by atoms with Gasteiger partial charge in [0, 0.05) is 26.3 Å². The molecule has 0 bridgehead atoms. The molecule has 144 valence electrons. The van der Waals surface area contributed by atoms with Crippen LogP contribution >= 0.6 is 18.5 Å². The molecule has 24 heavy (non-hydrogen) atoms. The third-order valence-electron chi connectivity index (χ3n) is 3.96. The van der Waals surface area contributed by atoms with E-state index in [-0.39, 0.29) is 12.0 Å². The predicted molar refractivity (Wildman–Crippen MR) is 112 cm³/mol. The van der Waals surface area contributed by atoms with Crippen LogP contribution in [0.25, 0.3) is 0 Å². The highest BCUT2D eigenvalue weighted by Crippen LogP contribution is 2.57. The molecule has 0 radical (unpaired) electrons. The molecule has 0 aliphatic heterocycles. The van der Waals surface area contributed by atoms with Crippen molar-refractivity contribution in [3.63, 3.8) is 0 Å². The van der Waals surface area contributed by atoms with E-state index in [2.05, 4.69) is 20.8 Å². The molecule has 2 atom stereocenters. The first-order chi connectivity index (χ1) is 11.3. The molecule has 0 N–H and O–H groups in total. The van der Waals surface area contributed by atoms with Crippen LogP contribution in [0.1, 0.15) is 79.1 Å². The van der Waals surface area contributed by atoms with Gasteiger partial charge in [0.05, 0.1) is 6.10 Å². The van der Waals surface area contributed by atoms with Crippen LogP contribution in [0, 0.1) is 0 Å². The smallest absolute Gasteiger partial charge is 0.240 e. The third kappa shape index (κ3) is 8.66. The zero-order valence-corrected chi connectivity index (χ0v) is 18.9. The Kier molecular flexibility index (Phi) is 13.8. The van der Waals surface area contributed by atoms with Gasteiger partial charge in [-0.15, -0.1) is 0 Å². The first kappa shape index (κ1) is 24.4. The van der Waals surface area contributed by atoms with Crippen molar-refractivity contribution in [2.75, 3.05) is 19.8 Å². The Morgan fingerprint density at radius 2 is 1.75 bits per heavy atom. The molecule has 0 aromatic carbocycles. The lowest BCUT2D eigenvalue weighted by molar-refractivity contribution is -0.125. The predicted octanol–water partition coefficient (Wildman–Crippen LogP) is 5.83. The normalized spacial score (nSPS) is 15.3. The fourth-order valence-corrected chi connectivity index (χ4v) is 6.93. The van der Waals surface area contributed by atoms with Gasteiger partial charge in [0.1, 0.15) is 0 Å². The van der Waals surface area contributed by atoms with Crippen LogP contribution in [0.15, 0.2) is 0 Å². The molecule has 4 nitrogen and oxygen atoms in total. The van der Waals surface area contributed by atoms with Crippen LogP contribution in [-0.4, -0.2) is 40.6 Å².